The molecule has 80 valence electrons. The molecule has 0 bridgehead atoms. The van der Waals surface area contributed by atoms with Crippen LogP contribution in [-0.4, -0.2) is 10.9 Å². The standard InChI is InChI=1S/C10H13N3OS/c1-3-8(4-11)10(14)12-5-9-13-7(2)6-15-9/h6,8H,3,5H2,1-2H3,(H,12,14). The Morgan fingerprint density at radius 2 is 2.53 bits per heavy atom. The summed E-state index contributed by atoms with van der Waals surface area (Å²) < 4.78 is 0. The Labute approximate surface area is 92.9 Å². The molecule has 1 heterocycles. The van der Waals surface area contributed by atoms with E-state index in [0.717, 1.165) is 10.7 Å². The molecule has 1 rings (SSSR count). The SMILES string of the molecule is CCC(C#N)C(=O)NCc1nc(C)cs1. The summed E-state index contributed by atoms with van der Waals surface area (Å²) >= 11 is 1.51. The van der Waals surface area contributed by atoms with Crippen molar-refractivity contribution in [2.75, 3.05) is 0 Å². The van der Waals surface area contributed by atoms with Gasteiger partial charge in [-0.3, -0.25) is 4.79 Å². The Balaban J connectivity index is 2.44. The number of nitrogens with zero attached hydrogens (tertiary/aromatic N) is 2. The first-order chi connectivity index (χ1) is 7.17. The van der Waals surface area contributed by atoms with Crippen molar-refractivity contribution in [3.8, 4) is 6.07 Å². The van der Waals surface area contributed by atoms with E-state index in [1.807, 2.05) is 25.3 Å². The van der Waals surface area contributed by atoms with Gasteiger partial charge >= 0.3 is 0 Å². The minimum absolute atomic E-state index is 0.215. The van der Waals surface area contributed by atoms with E-state index in [-0.39, 0.29) is 5.91 Å². The highest BCUT2D eigenvalue weighted by Gasteiger charge is 2.14. The largest absolute Gasteiger partial charge is 0.348 e. The molecule has 0 fully saturated rings. The highest BCUT2D eigenvalue weighted by molar-refractivity contribution is 7.09. The third-order valence-electron chi connectivity index (χ3n) is 1.96. The molecule has 1 aromatic heterocycles. The van der Waals surface area contributed by atoms with Crippen molar-refractivity contribution in [1.82, 2.24) is 10.3 Å². The quantitative estimate of drug-likeness (QED) is 0.843. The van der Waals surface area contributed by atoms with Gasteiger partial charge in [-0.15, -0.1) is 11.3 Å². The van der Waals surface area contributed by atoms with Gasteiger partial charge < -0.3 is 5.32 Å². The average Bonchev–Trinajstić information content (AvgIpc) is 2.63. The molecule has 1 N–H and O–H groups in total. The summed E-state index contributed by atoms with van der Waals surface area (Å²) in [5.41, 5.74) is 0.955. The maximum Gasteiger partial charge on any atom is 0.237 e. The number of amides is 1. The second-order valence-corrected chi connectivity index (χ2v) is 4.13. The van der Waals surface area contributed by atoms with Crippen LogP contribution in [0.1, 0.15) is 24.0 Å². The molecule has 0 saturated heterocycles. The first-order valence-electron chi connectivity index (χ1n) is 4.75. The number of aromatic nitrogens is 1. The molecular formula is C10H13N3OS. The van der Waals surface area contributed by atoms with Gasteiger partial charge in [0.25, 0.3) is 0 Å². The lowest BCUT2D eigenvalue weighted by Gasteiger charge is -2.05. The first-order valence-corrected chi connectivity index (χ1v) is 5.63. The molecule has 0 aliphatic carbocycles. The Hall–Kier alpha value is -1.41. The summed E-state index contributed by atoms with van der Waals surface area (Å²) in [7, 11) is 0. The molecule has 0 spiro atoms. The van der Waals surface area contributed by atoms with Gasteiger partial charge in [0.2, 0.25) is 5.91 Å². The van der Waals surface area contributed by atoms with Crippen molar-refractivity contribution < 1.29 is 4.79 Å². The summed E-state index contributed by atoms with van der Waals surface area (Å²) in [6.07, 6.45) is 0.541. The van der Waals surface area contributed by atoms with Crippen LogP contribution in [0.3, 0.4) is 0 Å². The minimum Gasteiger partial charge on any atom is -0.348 e. The second-order valence-electron chi connectivity index (χ2n) is 3.19. The molecule has 0 radical (unpaired) electrons. The van der Waals surface area contributed by atoms with E-state index in [0.29, 0.717) is 13.0 Å². The fourth-order valence-electron chi connectivity index (χ4n) is 1.11. The molecular weight excluding hydrogens is 210 g/mol. The highest BCUT2D eigenvalue weighted by Crippen LogP contribution is 2.08. The Bertz CT molecular complexity index is 380. The number of hydrogen-bond acceptors (Lipinski definition) is 4. The van der Waals surface area contributed by atoms with Crippen molar-refractivity contribution >= 4 is 17.2 Å². The van der Waals surface area contributed by atoms with Gasteiger partial charge in [-0.1, -0.05) is 6.92 Å². The van der Waals surface area contributed by atoms with E-state index < -0.39 is 5.92 Å². The predicted molar refractivity (Wildman–Crippen MR) is 58.1 cm³/mol. The zero-order chi connectivity index (χ0) is 11.3. The number of carbonyl (C=O) groups excluding carboxylic acids is 1. The fourth-order valence-corrected chi connectivity index (χ4v) is 1.82. The molecule has 0 aliphatic heterocycles. The Morgan fingerprint density at radius 1 is 1.80 bits per heavy atom. The van der Waals surface area contributed by atoms with Crippen LogP contribution in [0.25, 0.3) is 0 Å². The van der Waals surface area contributed by atoms with E-state index in [9.17, 15) is 4.79 Å². The van der Waals surface area contributed by atoms with Crippen LogP contribution in [-0.2, 0) is 11.3 Å². The molecule has 5 heteroatoms. The predicted octanol–water partition coefficient (Wildman–Crippen LogP) is 1.62. The number of rotatable bonds is 4. The molecule has 4 nitrogen and oxygen atoms in total. The summed E-state index contributed by atoms with van der Waals surface area (Å²) in [6.45, 7) is 4.14. The van der Waals surface area contributed by atoms with Crippen LogP contribution in [0.5, 0.6) is 0 Å². The second kappa shape index (κ2) is 5.47. The number of carbonyl (C=O) groups is 1. The fraction of sp³-hybridized carbons (Fsp3) is 0.500. The molecule has 1 amide bonds. The lowest BCUT2D eigenvalue weighted by molar-refractivity contribution is -0.123. The zero-order valence-electron chi connectivity index (χ0n) is 8.78. The maximum absolute atomic E-state index is 11.4. The van der Waals surface area contributed by atoms with Crippen LogP contribution >= 0.6 is 11.3 Å². The molecule has 1 aromatic rings. The average molecular weight is 223 g/mol. The van der Waals surface area contributed by atoms with Crippen molar-refractivity contribution in [2.45, 2.75) is 26.8 Å². The summed E-state index contributed by atoms with van der Waals surface area (Å²) in [4.78, 5) is 15.6. The van der Waals surface area contributed by atoms with Gasteiger partial charge in [-0.25, -0.2) is 4.98 Å². The van der Waals surface area contributed by atoms with Gasteiger partial charge in [0, 0.05) is 11.1 Å². The van der Waals surface area contributed by atoms with E-state index in [4.69, 9.17) is 5.26 Å². The first kappa shape index (κ1) is 11.7. The Morgan fingerprint density at radius 3 is 3.00 bits per heavy atom. The van der Waals surface area contributed by atoms with Crippen LogP contribution < -0.4 is 5.32 Å². The van der Waals surface area contributed by atoms with E-state index in [1.165, 1.54) is 11.3 Å². The van der Waals surface area contributed by atoms with Crippen molar-refractivity contribution in [2.24, 2.45) is 5.92 Å². The van der Waals surface area contributed by atoms with Gasteiger partial charge in [-0.05, 0) is 13.3 Å². The lowest BCUT2D eigenvalue weighted by atomic mass is 10.1. The van der Waals surface area contributed by atoms with E-state index >= 15 is 0 Å². The van der Waals surface area contributed by atoms with Gasteiger partial charge in [0.1, 0.15) is 10.9 Å². The number of thiazole rings is 1. The van der Waals surface area contributed by atoms with Crippen molar-refractivity contribution in [3.63, 3.8) is 0 Å². The number of nitrogens with one attached hydrogen (secondary N) is 1. The van der Waals surface area contributed by atoms with E-state index in [1.54, 1.807) is 0 Å². The van der Waals surface area contributed by atoms with Gasteiger partial charge in [0.15, 0.2) is 0 Å². The maximum atomic E-state index is 11.4. The van der Waals surface area contributed by atoms with Crippen LogP contribution in [0.2, 0.25) is 0 Å². The smallest absolute Gasteiger partial charge is 0.237 e. The monoisotopic (exact) mass is 223 g/mol. The third kappa shape index (κ3) is 3.33. The molecule has 0 aliphatic rings. The minimum atomic E-state index is -0.550. The zero-order valence-corrected chi connectivity index (χ0v) is 9.60. The molecule has 0 aromatic carbocycles. The number of nitriles is 1. The van der Waals surface area contributed by atoms with Gasteiger partial charge in [-0.2, -0.15) is 5.26 Å². The summed E-state index contributed by atoms with van der Waals surface area (Å²) in [5, 5.41) is 14.2. The topological polar surface area (TPSA) is 65.8 Å². The van der Waals surface area contributed by atoms with Crippen LogP contribution in [0.15, 0.2) is 5.38 Å². The van der Waals surface area contributed by atoms with Gasteiger partial charge in [0.05, 0.1) is 12.6 Å². The van der Waals surface area contributed by atoms with E-state index in [2.05, 4.69) is 10.3 Å². The summed E-state index contributed by atoms with van der Waals surface area (Å²) in [5.74, 6) is -0.765. The number of hydrogen-bond donors (Lipinski definition) is 1. The third-order valence-corrected chi connectivity index (χ3v) is 2.93. The van der Waals surface area contributed by atoms with Crippen LogP contribution in [0, 0.1) is 24.2 Å². The molecule has 1 unspecified atom stereocenters. The Kier molecular flexibility index (Phi) is 4.25. The normalized spacial score (nSPS) is 11.8. The molecule has 0 saturated carbocycles. The lowest BCUT2D eigenvalue weighted by Crippen LogP contribution is -2.29. The van der Waals surface area contributed by atoms with Crippen molar-refractivity contribution in [1.29, 1.82) is 5.26 Å². The highest BCUT2D eigenvalue weighted by atomic mass is 32.1. The van der Waals surface area contributed by atoms with Crippen LogP contribution in [0.4, 0.5) is 0 Å². The number of aryl methyl sites for hydroxylation is 1. The summed E-state index contributed by atoms with van der Waals surface area (Å²) in [6, 6.07) is 1.96. The van der Waals surface area contributed by atoms with Crippen molar-refractivity contribution in [3.05, 3.63) is 16.1 Å². The molecule has 15 heavy (non-hydrogen) atoms. The molecule has 1 atom stereocenters.